The summed E-state index contributed by atoms with van der Waals surface area (Å²) in [5.74, 6) is 0. The monoisotopic (exact) mass is 815 g/mol. The van der Waals surface area contributed by atoms with Crippen LogP contribution < -0.4 is 4.90 Å². The summed E-state index contributed by atoms with van der Waals surface area (Å²) in [6.45, 7) is 9.71. The highest BCUT2D eigenvalue weighted by molar-refractivity contribution is 7.25. The molecule has 0 N–H and O–H groups in total. The number of anilines is 3. The van der Waals surface area contributed by atoms with Crippen LogP contribution in [0, 0.1) is 0 Å². The van der Waals surface area contributed by atoms with Gasteiger partial charge in [-0.3, -0.25) is 0 Å². The second-order valence-electron chi connectivity index (χ2n) is 18.4. The third kappa shape index (κ3) is 6.80. The van der Waals surface area contributed by atoms with E-state index in [2.05, 4.69) is 233 Å². The molecule has 0 fully saturated rings. The molecule has 0 aliphatic heterocycles. The van der Waals surface area contributed by atoms with E-state index in [1.54, 1.807) is 0 Å². The van der Waals surface area contributed by atoms with Gasteiger partial charge in [-0.15, -0.1) is 11.3 Å². The minimum Gasteiger partial charge on any atom is -0.310 e. The summed E-state index contributed by atoms with van der Waals surface area (Å²) in [5.41, 5.74) is 16.6. The third-order valence-electron chi connectivity index (χ3n) is 13.6. The Hall–Kier alpha value is -6.74. The van der Waals surface area contributed by atoms with E-state index in [0.29, 0.717) is 0 Å². The van der Waals surface area contributed by atoms with Crippen LogP contribution in [0.3, 0.4) is 0 Å². The molecule has 0 spiro atoms. The quantitative estimate of drug-likeness (QED) is 0.155. The molecule has 1 aliphatic rings. The minimum atomic E-state index is 0.177. The van der Waals surface area contributed by atoms with Crippen molar-refractivity contribution in [1.82, 2.24) is 0 Å². The molecule has 0 saturated heterocycles. The molecule has 0 unspecified atom stereocenters. The van der Waals surface area contributed by atoms with Crippen LogP contribution in [0.5, 0.6) is 0 Å². The molecule has 0 atom stereocenters. The molecule has 1 aliphatic carbocycles. The fraction of sp³-hybridized carbons (Fsp3) is 0.133. The standard InChI is InChI=1S/C60H49NS/c1-59(2)34-35-60(3,4)55-39-58-53(38-54(55)59)52-37-47(27-33-57(52)62-58)46-26-32-51-48(36-46)16-11-17-56(51)61(49-28-22-44(23-29-49)41-14-9-6-10-15-41)50-30-24-45(25-31-50)43-20-18-42(19-21-43)40-12-7-5-8-13-40/h5-33,36-39H,34-35H2,1-4H3. The van der Waals surface area contributed by atoms with Gasteiger partial charge < -0.3 is 4.90 Å². The highest BCUT2D eigenvalue weighted by Crippen LogP contribution is 2.50. The van der Waals surface area contributed by atoms with Gasteiger partial charge in [0.05, 0.1) is 5.69 Å². The van der Waals surface area contributed by atoms with Crippen molar-refractivity contribution in [3.63, 3.8) is 0 Å². The van der Waals surface area contributed by atoms with E-state index < -0.39 is 0 Å². The van der Waals surface area contributed by atoms with Gasteiger partial charge in [-0.05, 0) is 145 Å². The average molecular weight is 816 g/mol. The van der Waals surface area contributed by atoms with Crippen LogP contribution in [-0.2, 0) is 10.8 Å². The Morgan fingerprint density at radius 2 is 0.806 bits per heavy atom. The lowest BCUT2D eigenvalue weighted by molar-refractivity contribution is 0.332. The molecule has 1 heterocycles. The Morgan fingerprint density at radius 1 is 0.355 bits per heavy atom. The fourth-order valence-corrected chi connectivity index (χ4v) is 10.9. The summed E-state index contributed by atoms with van der Waals surface area (Å²) in [6, 6.07) is 74.0. The maximum Gasteiger partial charge on any atom is 0.0540 e. The second kappa shape index (κ2) is 15.0. The molecular formula is C60H49NS. The van der Waals surface area contributed by atoms with Crippen molar-refractivity contribution in [2.75, 3.05) is 4.90 Å². The summed E-state index contributed by atoms with van der Waals surface area (Å²) in [4.78, 5) is 2.41. The molecule has 0 amide bonds. The van der Waals surface area contributed by atoms with Crippen LogP contribution in [0.4, 0.5) is 17.1 Å². The van der Waals surface area contributed by atoms with Gasteiger partial charge in [-0.25, -0.2) is 0 Å². The van der Waals surface area contributed by atoms with Crippen molar-refractivity contribution in [2.24, 2.45) is 0 Å². The predicted octanol–water partition coefficient (Wildman–Crippen LogP) is 17.7. The van der Waals surface area contributed by atoms with Crippen molar-refractivity contribution >= 4 is 59.3 Å². The third-order valence-corrected chi connectivity index (χ3v) is 14.7. The van der Waals surface area contributed by atoms with Crippen LogP contribution in [0.2, 0.25) is 0 Å². The number of hydrogen-bond acceptors (Lipinski definition) is 2. The number of hydrogen-bond donors (Lipinski definition) is 0. The Kier molecular flexibility index (Phi) is 9.25. The maximum absolute atomic E-state index is 2.54. The van der Waals surface area contributed by atoms with Crippen LogP contribution in [0.25, 0.3) is 75.5 Å². The summed E-state index contributed by atoms with van der Waals surface area (Å²) in [5, 5.41) is 5.18. The van der Waals surface area contributed by atoms with Gasteiger partial charge in [0.25, 0.3) is 0 Å². The number of nitrogens with zero attached hydrogens (tertiary/aromatic N) is 1. The van der Waals surface area contributed by atoms with Crippen molar-refractivity contribution in [1.29, 1.82) is 0 Å². The normalized spacial score (nSPS) is 14.3. The van der Waals surface area contributed by atoms with Gasteiger partial charge in [-0.2, -0.15) is 0 Å². The van der Waals surface area contributed by atoms with Gasteiger partial charge in [0.15, 0.2) is 0 Å². The molecule has 62 heavy (non-hydrogen) atoms. The zero-order valence-electron chi connectivity index (χ0n) is 35.8. The minimum absolute atomic E-state index is 0.177. The molecule has 1 nitrogen and oxygen atoms in total. The molecule has 2 heteroatoms. The van der Waals surface area contributed by atoms with E-state index in [9.17, 15) is 0 Å². The van der Waals surface area contributed by atoms with E-state index in [1.165, 1.54) is 99.4 Å². The number of benzene rings is 9. The highest BCUT2D eigenvalue weighted by atomic mass is 32.1. The topological polar surface area (TPSA) is 3.24 Å². The van der Waals surface area contributed by atoms with Crippen LogP contribution >= 0.6 is 11.3 Å². The lowest BCUT2D eigenvalue weighted by atomic mass is 9.63. The van der Waals surface area contributed by atoms with Gasteiger partial charge >= 0.3 is 0 Å². The SMILES string of the molecule is CC1(C)CCC(C)(C)c2cc3c(cc21)sc1ccc(-c2ccc4c(N(c5ccc(-c6ccccc6)cc5)c5ccc(-c6ccc(-c7ccccc7)cc6)cc5)cccc4c2)cc13. The Bertz CT molecular complexity index is 3250. The first-order chi connectivity index (χ1) is 30.2. The molecule has 0 saturated carbocycles. The van der Waals surface area contributed by atoms with Crippen LogP contribution in [0.1, 0.15) is 51.7 Å². The van der Waals surface area contributed by atoms with Crippen molar-refractivity contribution in [2.45, 2.75) is 51.4 Å². The highest BCUT2D eigenvalue weighted by Gasteiger charge is 2.37. The summed E-state index contributed by atoms with van der Waals surface area (Å²) < 4.78 is 2.75. The predicted molar refractivity (Wildman–Crippen MR) is 269 cm³/mol. The Balaban J connectivity index is 0.977. The Morgan fingerprint density at radius 3 is 1.37 bits per heavy atom. The van der Waals surface area contributed by atoms with Crippen molar-refractivity contribution in [3.05, 3.63) is 211 Å². The average Bonchev–Trinajstić information content (AvgIpc) is 3.68. The summed E-state index contributed by atoms with van der Waals surface area (Å²) >= 11 is 1.94. The smallest absolute Gasteiger partial charge is 0.0540 e. The lowest BCUT2D eigenvalue weighted by Crippen LogP contribution is -2.33. The zero-order valence-corrected chi connectivity index (χ0v) is 36.6. The van der Waals surface area contributed by atoms with Crippen molar-refractivity contribution in [3.8, 4) is 44.5 Å². The molecule has 300 valence electrons. The van der Waals surface area contributed by atoms with E-state index >= 15 is 0 Å². The van der Waals surface area contributed by atoms with E-state index in [1.807, 2.05) is 11.3 Å². The first kappa shape index (κ1) is 38.2. The van der Waals surface area contributed by atoms with Gasteiger partial charge in [0.2, 0.25) is 0 Å². The molecule has 0 radical (unpaired) electrons. The first-order valence-electron chi connectivity index (χ1n) is 21.9. The molecular weight excluding hydrogens is 767 g/mol. The number of thiophene rings is 1. The summed E-state index contributed by atoms with van der Waals surface area (Å²) in [7, 11) is 0. The lowest BCUT2D eigenvalue weighted by Gasteiger charge is -2.41. The second-order valence-corrected chi connectivity index (χ2v) is 19.5. The molecule has 11 rings (SSSR count). The fourth-order valence-electron chi connectivity index (χ4n) is 9.81. The van der Waals surface area contributed by atoms with Gasteiger partial charge in [0.1, 0.15) is 0 Å². The zero-order chi connectivity index (χ0) is 42.0. The van der Waals surface area contributed by atoms with Crippen molar-refractivity contribution < 1.29 is 0 Å². The largest absolute Gasteiger partial charge is 0.310 e. The number of fused-ring (bicyclic) bond motifs is 5. The molecule has 10 aromatic rings. The number of rotatable bonds is 7. The maximum atomic E-state index is 2.54. The molecule has 0 bridgehead atoms. The van der Waals surface area contributed by atoms with E-state index in [4.69, 9.17) is 0 Å². The Labute approximate surface area is 369 Å². The van der Waals surface area contributed by atoms with Crippen LogP contribution in [-0.4, -0.2) is 0 Å². The molecule has 9 aromatic carbocycles. The van der Waals surface area contributed by atoms with Gasteiger partial charge in [0, 0.05) is 36.9 Å². The summed E-state index contributed by atoms with van der Waals surface area (Å²) in [6.07, 6.45) is 2.45. The van der Waals surface area contributed by atoms with E-state index in [-0.39, 0.29) is 10.8 Å². The first-order valence-corrected chi connectivity index (χ1v) is 22.8. The van der Waals surface area contributed by atoms with Crippen LogP contribution in [0.15, 0.2) is 200 Å². The molecule has 1 aromatic heterocycles. The van der Waals surface area contributed by atoms with E-state index in [0.717, 1.165) is 17.1 Å². The van der Waals surface area contributed by atoms with Gasteiger partial charge in [-0.1, -0.05) is 167 Å².